The summed E-state index contributed by atoms with van der Waals surface area (Å²) in [6, 6.07) is 7.83. The predicted molar refractivity (Wildman–Crippen MR) is 57.2 cm³/mol. The number of carbonyl (C=O) groups excluding carboxylic acids is 2. The normalized spacial score (nSPS) is 10.0. The van der Waals surface area contributed by atoms with E-state index in [1.54, 1.807) is 24.3 Å². The van der Waals surface area contributed by atoms with E-state index in [9.17, 15) is 14.4 Å². The molecular weight excluding hydrogens is 210 g/mol. The molecule has 1 amide bonds. The van der Waals surface area contributed by atoms with Crippen molar-refractivity contribution in [2.24, 2.45) is 0 Å². The van der Waals surface area contributed by atoms with Gasteiger partial charge >= 0.3 is 5.63 Å². The van der Waals surface area contributed by atoms with E-state index in [2.05, 4.69) is 5.32 Å². The van der Waals surface area contributed by atoms with Gasteiger partial charge in [-0.05, 0) is 12.1 Å². The van der Waals surface area contributed by atoms with Crippen molar-refractivity contribution < 1.29 is 14.0 Å². The predicted octanol–water partition coefficient (Wildman–Crippen LogP) is 0.930. The third kappa shape index (κ3) is 1.83. The van der Waals surface area contributed by atoms with Crippen LogP contribution in [0.15, 0.2) is 39.5 Å². The molecule has 1 heterocycles. The minimum atomic E-state index is -0.793. The van der Waals surface area contributed by atoms with E-state index in [0.29, 0.717) is 11.1 Å². The Labute approximate surface area is 89.7 Å². The van der Waals surface area contributed by atoms with Crippen LogP contribution < -0.4 is 10.9 Å². The van der Waals surface area contributed by atoms with Crippen LogP contribution in [-0.2, 0) is 9.59 Å². The molecule has 5 heteroatoms. The Morgan fingerprint density at radius 1 is 1.25 bits per heavy atom. The molecule has 0 unspecified atom stereocenters. The van der Waals surface area contributed by atoms with Gasteiger partial charge in [0, 0.05) is 11.5 Å². The molecule has 0 aliphatic carbocycles. The van der Waals surface area contributed by atoms with E-state index in [1.165, 1.54) is 6.07 Å². The van der Waals surface area contributed by atoms with Crippen LogP contribution in [0.4, 0.5) is 5.69 Å². The van der Waals surface area contributed by atoms with Crippen LogP contribution in [-0.4, -0.2) is 12.2 Å². The lowest BCUT2D eigenvalue weighted by atomic mass is 10.2. The first-order valence-corrected chi connectivity index (χ1v) is 4.50. The summed E-state index contributed by atoms with van der Waals surface area (Å²) in [6.07, 6.45) is 0.153. The Morgan fingerprint density at radius 2 is 2.06 bits per heavy atom. The molecule has 0 radical (unpaired) electrons. The van der Waals surface area contributed by atoms with Gasteiger partial charge in [-0.2, -0.15) is 0 Å². The highest BCUT2D eigenvalue weighted by Gasteiger charge is 2.06. The van der Waals surface area contributed by atoms with Crippen LogP contribution in [0.2, 0.25) is 0 Å². The van der Waals surface area contributed by atoms with Crippen molar-refractivity contribution in [1.29, 1.82) is 0 Å². The van der Waals surface area contributed by atoms with Crippen molar-refractivity contribution in [1.82, 2.24) is 0 Å². The van der Waals surface area contributed by atoms with Gasteiger partial charge in [0.1, 0.15) is 0 Å². The molecule has 80 valence electrons. The molecule has 0 spiro atoms. The summed E-state index contributed by atoms with van der Waals surface area (Å²) in [6.45, 7) is 0. The fourth-order valence-electron chi connectivity index (χ4n) is 1.35. The van der Waals surface area contributed by atoms with Gasteiger partial charge in [0.2, 0.25) is 6.29 Å². The van der Waals surface area contributed by atoms with Gasteiger partial charge in [-0.1, -0.05) is 12.1 Å². The number of para-hydroxylation sites is 1. The van der Waals surface area contributed by atoms with E-state index in [4.69, 9.17) is 4.42 Å². The van der Waals surface area contributed by atoms with Gasteiger partial charge in [0.25, 0.3) is 5.91 Å². The van der Waals surface area contributed by atoms with Crippen LogP contribution in [0.25, 0.3) is 11.0 Å². The molecule has 0 aliphatic rings. The smallest absolute Gasteiger partial charge is 0.336 e. The summed E-state index contributed by atoms with van der Waals surface area (Å²) in [4.78, 5) is 32.2. The number of rotatable bonds is 2. The molecule has 0 saturated heterocycles. The lowest BCUT2D eigenvalue weighted by Crippen LogP contribution is -2.12. The largest absolute Gasteiger partial charge is 0.420 e. The number of fused-ring (bicyclic) bond motifs is 1. The second kappa shape index (κ2) is 3.98. The number of hydrogen-bond acceptors (Lipinski definition) is 4. The first-order chi connectivity index (χ1) is 7.70. The summed E-state index contributed by atoms with van der Waals surface area (Å²) >= 11 is 0. The quantitative estimate of drug-likeness (QED) is 0.461. The van der Waals surface area contributed by atoms with Crippen LogP contribution >= 0.6 is 0 Å². The Hall–Kier alpha value is -2.43. The Bertz CT molecular complexity index is 615. The average Bonchev–Trinajstić information content (AvgIpc) is 2.29. The molecule has 0 fully saturated rings. The summed E-state index contributed by atoms with van der Waals surface area (Å²) in [7, 11) is 0. The maximum Gasteiger partial charge on any atom is 0.336 e. The van der Waals surface area contributed by atoms with E-state index < -0.39 is 11.5 Å². The van der Waals surface area contributed by atoms with Crippen molar-refractivity contribution >= 4 is 28.8 Å². The lowest BCUT2D eigenvalue weighted by Gasteiger charge is -2.03. The standard InChI is InChI=1S/C11H7NO4/c13-6-9(14)12-8-3-1-2-7-4-5-10(15)16-11(7)8/h1-6H,(H,12,14). The molecule has 0 aliphatic heterocycles. The number of benzene rings is 1. The molecule has 1 N–H and O–H groups in total. The summed E-state index contributed by atoms with van der Waals surface area (Å²) in [5.41, 5.74) is 0.0396. The Balaban J connectivity index is 2.60. The molecule has 0 saturated carbocycles. The van der Waals surface area contributed by atoms with Gasteiger partial charge in [0.15, 0.2) is 5.58 Å². The highest BCUT2D eigenvalue weighted by molar-refractivity contribution is 6.30. The van der Waals surface area contributed by atoms with E-state index in [-0.39, 0.29) is 11.9 Å². The van der Waals surface area contributed by atoms with E-state index in [0.717, 1.165) is 0 Å². The molecule has 2 aromatic rings. The van der Waals surface area contributed by atoms with Gasteiger partial charge in [-0.25, -0.2) is 4.79 Å². The maximum absolute atomic E-state index is 11.0. The third-order valence-electron chi connectivity index (χ3n) is 2.01. The van der Waals surface area contributed by atoms with Crippen molar-refractivity contribution in [2.45, 2.75) is 0 Å². The maximum atomic E-state index is 11.0. The molecule has 0 bridgehead atoms. The van der Waals surface area contributed by atoms with E-state index >= 15 is 0 Å². The number of amides is 1. The second-order valence-corrected chi connectivity index (χ2v) is 3.09. The third-order valence-corrected chi connectivity index (χ3v) is 2.01. The zero-order chi connectivity index (χ0) is 11.5. The first-order valence-electron chi connectivity index (χ1n) is 4.50. The van der Waals surface area contributed by atoms with Crippen molar-refractivity contribution in [2.75, 3.05) is 5.32 Å². The molecule has 16 heavy (non-hydrogen) atoms. The first kappa shape index (κ1) is 10.1. The number of nitrogens with one attached hydrogen (secondary N) is 1. The van der Waals surface area contributed by atoms with Gasteiger partial charge < -0.3 is 9.73 Å². The summed E-state index contributed by atoms with van der Waals surface area (Å²) < 4.78 is 4.95. The lowest BCUT2D eigenvalue weighted by molar-refractivity contribution is -0.127. The van der Waals surface area contributed by atoms with Crippen LogP contribution in [0.1, 0.15) is 0 Å². The van der Waals surface area contributed by atoms with Gasteiger partial charge in [0.05, 0.1) is 5.69 Å². The molecule has 1 aromatic heterocycles. The van der Waals surface area contributed by atoms with E-state index in [1.807, 2.05) is 0 Å². The Kier molecular flexibility index (Phi) is 2.51. The van der Waals surface area contributed by atoms with Gasteiger partial charge in [-0.3, -0.25) is 9.59 Å². The summed E-state index contributed by atoms with van der Waals surface area (Å²) in [5, 5.41) is 2.99. The number of hydrogen-bond donors (Lipinski definition) is 1. The minimum absolute atomic E-state index is 0.153. The highest BCUT2D eigenvalue weighted by atomic mass is 16.4. The topological polar surface area (TPSA) is 76.4 Å². The van der Waals surface area contributed by atoms with Crippen LogP contribution in [0, 0.1) is 0 Å². The SMILES string of the molecule is O=CC(=O)Nc1cccc2ccc(=O)oc12. The number of aldehydes is 1. The number of anilines is 1. The second-order valence-electron chi connectivity index (χ2n) is 3.09. The van der Waals surface area contributed by atoms with Crippen LogP contribution in [0.3, 0.4) is 0 Å². The average molecular weight is 217 g/mol. The van der Waals surface area contributed by atoms with Gasteiger partial charge in [-0.15, -0.1) is 0 Å². The van der Waals surface area contributed by atoms with Crippen molar-refractivity contribution in [3.63, 3.8) is 0 Å². The molecule has 1 aromatic carbocycles. The zero-order valence-electron chi connectivity index (χ0n) is 8.10. The minimum Gasteiger partial charge on any atom is -0.420 e. The monoisotopic (exact) mass is 217 g/mol. The molecule has 2 rings (SSSR count). The zero-order valence-corrected chi connectivity index (χ0v) is 8.10. The Morgan fingerprint density at radius 3 is 2.81 bits per heavy atom. The molecule has 0 atom stereocenters. The van der Waals surface area contributed by atoms with Crippen molar-refractivity contribution in [3.8, 4) is 0 Å². The number of carbonyl (C=O) groups is 2. The highest BCUT2D eigenvalue weighted by Crippen LogP contribution is 2.21. The fourth-order valence-corrected chi connectivity index (χ4v) is 1.35. The molecular formula is C11H7NO4. The fraction of sp³-hybridized carbons (Fsp3) is 0. The van der Waals surface area contributed by atoms with Crippen molar-refractivity contribution in [3.05, 3.63) is 40.8 Å². The molecule has 5 nitrogen and oxygen atoms in total. The summed E-state index contributed by atoms with van der Waals surface area (Å²) in [5.74, 6) is -0.793. The van der Waals surface area contributed by atoms with Crippen LogP contribution in [0.5, 0.6) is 0 Å².